The Morgan fingerprint density at radius 3 is 2.74 bits per heavy atom. The predicted octanol–water partition coefficient (Wildman–Crippen LogP) is 2.83. The van der Waals surface area contributed by atoms with Crippen molar-refractivity contribution in [2.75, 3.05) is 6.54 Å². The molecule has 0 spiro atoms. The van der Waals surface area contributed by atoms with Gasteiger partial charge in [0.1, 0.15) is 11.9 Å². The molecule has 1 aliphatic heterocycles. The maximum Gasteiger partial charge on any atom is 0.410 e. The predicted molar refractivity (Wildman–Crippen MR) is 85.6 cm³/mol. The van der Waals surface area contributed by atoms with Crippen LogP contribution >= 0.6 is 0 Å². The number of hydrogen-bond acceptors (Lipinski definition) is 5. The second kappa shape index (κ2) is 5.95. The fourth-order valence-corrected chi connectivity index (χ4v) is 2.56. The van der Waals surface area contributed by atoms with Crippen molar-refractivity contribution in [3.8, 4) is 11.4 Å². The molecule has 2 aromatic heterocycles. The van der Waals surface area contributed by atoms with Gasteiger partial charge in [-0.25, -0.2) is 14.8 Å². The van der Waals surface area contributed by atoms with E-state index in [-0.39, 0.29) is 6.09 Å². The number of ether oxygens (including phenoxy) is 1. The molecule has 0 bridgehead atoms. The molecule has 3 rings (SSSR count). The van der Waals surface area contributed by atoms with Gasteiger partial charge in [-0.1, -0.05) is 6.07 Å². The zero-order valence-corrected chi connectivity index (χ0v) is 13.6. The summed E-state index contributed by atoms with van der Waals surface area (Å²) in [5, 5.41) is 0. The summed E-state index contributed by atoms with van der Waals surface area (Å²) in [4.78, 5) is 27.0. The van der Waals surface area contributed by atoms with Gasteiger partial charge in [0.05, 0.1) is 23.6 Å². The summed E-state index contributed by atoms with van der Waals surface area (Å²) in [6.07, 6.45) is 3.67. The van der Waals surface area contributed by atoms with Gasteiger partial charge in [-0.2, -0.15) is 0 Å². The van der Waals surface area contributed by atoms with E-state index < -0.39 is 5.60 Å². The molecule has 0 atom stereocenters. The number of hydrogen-bond donors (Lipinski definition) is 0. The topological polar surface area (TPSA) is 68.2 Å². The first-order valence-electron chi connectivity index (χ1n) is 7.66. The van der Waals surface area contributed by atoms with Crippen molar-refractivity contribution in [3.05, 3.63) is 42.0 Å². The summed E-state index contributed by atoms with van der Waals surface area (Å²) in [5.41, 5.74) is 3.10. The Hall–Kier alpha value is -2.50. The molecule has 0 unspecified atom stereocenters. The van der Waals surface area contributed by atoms with Crippen LogP contribution in [0.2, 0.25) is 0 Å². The minimum Gasteiger partial charge on any atom is -0.444 e. The fraction of sp³-hybridized carbons (Fsp3) is 0.412. The van der Waals surface area contributed by atoms with Crippen LogP contribution < -0.4 is 0 Å². The van der Waals surface area contributed by atoms with Gasteiger partial charge < -0.3 is 9.64 Å². The maximum atomic E-state index is 12.2. The Bertz CT molecular complexity index is 710. The number of carbonyl (C=O) groups excluding carboxylic acids is 1. The summed E-state index contributed by atoms with van der Waals surface area (Å²) in [6, 6.07) is 5.75. The standard InChI is InChI=1S/C17H20N4O2/c1-17(2,3)23-16(22)21-9-7-12-14(10-21)19-11-20-15(12)13-6-4-5-8-18-13/h4-6,8,11H,7,9-10H2,1-3H3. The summed E-state index contributed by atoms with van der Waals surface area (Å²) in [5.74, 6) is 0. The van der Waals surface area contributed by atoms with E-state index in [1.165, 1.54) is 6.33 Å². The number of nitrogens with zero attached hydrogens (tertiary/aromatic N) is 4. The lowest BCUT2D eigenvalue weighted by molar-refractivity contribution is 0.0221. The lowest BCUT2D eigenvalue weighted by Gasteiger charge is -2.31. The Labute approximate surface area is 135 Å². The zero-order chi connectivity index (χ0) is 16.4. The lowest BCUT2D eigenvalue weighted by atomic mass is 10.0. The third kappa shape index (κ3) is 3.47. The molecule has 120 valence electrons. The second-order valence-electron chi connectivity index (χ2n) is 6.51. The van der Waals surface area contributed by atoms with E-state index >= 15 is 0 Å². The van der Waals surface area contributed by atoms with E-state index in [2.05, 4.69) is 15.0 Å². The number of rotatable bonds is 1. The first-order valence-corrected chi connectivity index (χ1v) is 7.66. The average Bonchev–Trinajstić information content (AvgIpc) is 2.53. The third-order valence-corrected chi connectivity index (χ3v) is 3.57. The molecule has 0 radical (unpaired) electrons. The van der Waals surface area contributed by atoms with Crippen molar-refractivity contribution in [1.82, 2.24) is 19.9 Å². The van der Waals surface area contributed by atoms with Gasteiger partial charge in [0.25, 0.3) is 0 Å². The van der Waals surface area contributed by atoms with Crippen molar-refractivity contribution >= 4 is 6.09 Å². The summed E-state index contributed by atoms with van der Waals surface area (Å²) >= 11 is 0. The van der Waals surface area contributed by atoms with Gasteiger partial charge >= 0.3 is 6.09 Å². The summed E-state index contributed by atoms with van der Waals surface area (Å²) < 4.78 is 5.44. The van der Waals surface area contributed by atoms with Crippen LogP contribution in [-0.4, -0.2) is 38.1 Å². The molecule has 0 N–H and O–H groups in total. The molecule has 0 saturated carbocycles. The molecule has 0 aromatic carbocycles. The van der Waals surface area contributed by atoms with E-state index in [9.17, 15) is 4.79 Å². The monoisotopic (exact) mass is 312 g/mol. The maximum absolute atomic E-state index is 12.2. The van der Waals surface area contributed by atoms with Gasteiger partial charge in [-0.3, -0.25) is 4.98 Å². The molecule has 0 saturated heterocycles. The van der Waals surface area contributed by atoms with Crippen molar-refractivity contribution < 1.29 is 9.53 Å². The quantitative estimate of drug-likeness (QED) is 0.810. The van der Waals surface area contributed by atoms with Crippen LogP contribution in [0, 0.1) is 0 Å². The van der Waals surface area contributed by atoms with Gasteiger partial charge in [0.15, 0.2) is 0 Å². The van der Waals surface area contributed by atoms with Crippen LogP contribution in [0.15, 0.2) is 30.7 Å². The number of amides is 1. The minimum atomic E-state index is -0.498. The summed E-state index contributed by atoms with van der Waals surface area (Å²) in [6.45, 7) is 6.63. The fourth-order valence-electron chi connectivity index (χ4n) is 2.56. The first-order chi connectivity index (χ1) is 10.9. The van der Waals surface area contributed by atoms with Gasteiger partial charge in [-0.15, -0.1) is 0 Å². The van der Waals surface area contributed by atoms with Crippen LogP contribution in [0.4, 0.5) is 4.79 Å². The molecule has 6 nitrogen and oxygen atoms in total. The SMILES string of the molecule is CC(C)(C)OC(=O)N1CCc2c(ncnc2-c2ccccn2)C1. The zero-order valence-electron chi connectivity index (χ0n) is 13.6. The van der Waals surface area contributed by atoms with Gasteiger partial charge in [-0.05, 0) is 39.3 Å². The molecular formula is C17H20N4O2. The molecule has 2 aromatic rings. The van der Waals surface area contributed by atoms with E-state index in [1.54, 1.807) is 11.1 Å². The normalized spacial score (nSPS) is 14.3. The largest absolute Gasteiger partial charge is 0.444 e. The van der Waals surface area contributed by atoms with E-state index in [1.807, 2.05) is 39.0 Å². The summed E-state index contributed by atoms with van der Waals surface area (Å²) in [7, 11) is 0. The van der Waals surface area contributed by atoms with E-state index in [0.29, 0.717) is 19.5 Å². The van der Waals surface area contributed by atoms with E-state index in [4.69, 9.17) is 4.74 Å². The lowest BCUT2D eigenvalue weighted by Crippen LogP contribution is -2.40. The molecule has 0 fully saturated rings. The first kappa shape index (κ1) is 15.4. The highest BCUT2D eigenvalue weighted by atomic mass is 16.6. The average molecular weight is 312 g/mol. The molecule has 6 heteroatoms. The Morgan fingerprint density at radius 1 is 1.22 bits per heavy atom. The van der Waals surface area contributed by atoms with Crippen molar-refractivity contribution in [1.29, 1.82) is 0 Å². The highest BCUT2D eigenvalue weighted by Crippen LogP contribution is 2.26. The number of fused-ring (bicyclic) bond motifs is 1. The minimum absolute atomic E-state index is 0.304. The van der Waals surface area contributed by atoms with Gasteiger partial charge in [0.2, 0.25) is 0 Å². The van der Waals surface area contributed by atoms with Crippen LogP contribution in [0.25, 0.3) is 11.4 Å². The van der Waals surface area contributed by atoms with Crippen LogP contribution in [-0.2, 0) is 17.7 Å². The van der Waals surface area contributed by atoms with Crippen LogP contribution in [0.3, 0.4) is 0 Å². The third-order valence-electron chi connectivity index (χ3n) is 3.57. The smallest absolute Gasteiger partial charge is 0.410 e. The molecule has 3 heterocycles. The molecular weight excluding hydrogens is 292 g/mol. The van der Waals surface area contributed by atoms with Crippen LogP contribution in [0.1, 0.15) is 32.0 Å². The second-order valence-corrected chi connectivity index (χ2v) is 6.51. The molecule has 23 heavy (non-hydrogen) atoms. The number of pyridine rings is 1. The molecule has 0 aliphatic carbocycles. The van der Waals surface area contributed by atoms with Crippen molar-refractivity contribution in [2.24, 2.45) is 0 Å². The molecule has 1 amide bonds. The molecule has 1 aliphatic rings. The Kier molecular flexibility index (Phi) is 3.98. The van der Waals surface area contributed by atoms with Crippen LogP contribution in [0.5, 0.6) is 0 Å². The number of aromatic nitrogens is 3. The van der Waals surface area contributed by atoms with Crippen molar-refractivity contribution in [3.63, 3.8) is 0 Å². The Balaban J connectivity index is 1.84. The highest BCUT2D eigenvalue weighted by Gasteiger charge is 2.28. The van der Waals surface area contributed by atoms with Crippen molar-refractivity contribution in [2.45, 2.75) is 39.3 Å². The number of carbonyl (C=O) groups is 1. The Morgan fingerprint density at radius 2 is 2.04 bits per heavy atom. The van der Waals surface area contributed by atoms with Gasteiger partial charge in [0, 0.05) is 18.3 Å². The van der Waals surface area contributed by atoms with E-state index in [0.717, 1.165) is 22.6 Å². The highest BCUT2D eigenvalue weighted by molar-refractivity contribution is 5.69.